The number of hydrogen-bond acceptors (Lipinski definition) is 2. The van der Waals surface area contributed by atoms with Crippen LogP contribution in [0.15, 0.2) is 12.3 Å². The first-order chi connectivity index (χ1) is 8.93. The number of allylic oxidation sites excluding steroid dienone is 1. The van der Waals surface area contributed by atoms with Gasteiger partial charge >= 0.3 is 0 Å². The Balaban J connectivity index is 4.35. The van der Waals surface area contributed by atoms with Crippen molar-refractivity contribution in [2.75, 3.05) is 7.05 Å². The summed E-state index contributed by atoms with van der Waals surface area (Å²) in [5.41, 5.74) is 1.84. The standard InChI is InChI=1S/C18H38N2/c1-10-11-18(7,8)20-15(2)14-16(3,4)12-13-17(5,6)19-9/h19-20H,2,10-14H2,1,3-9H3. The van der Waals surface area contributed by atoms with E-state index in [-0.39, 0.29) is 11.1 Å². The Hall–Kier alpha value is -0.500. The van der Waals surface area contributed by atoms with E-state index in [4.69, 9.17) is 0 Å². The van der Waals surface area contributed by atoms with Crippen molar-refractivity contribution in [3.8, 4) is 0 Å². The normalized spacial score (nSPS) is 13.4. The lowest BCUT2D eigenvalue weighted by atomic mass is 9.79. The molecule has 2 nitrogen and oxygen atoms in total. The van der Waals surface area contributed by atoms with Crippen molar-refractivity contribution in [1.82, 2.24) is 10.6 Å². The molecule has 0 saturated carbocycles. The molecule has 0 fully saturated rings. The predicted octanol–water partition coefficient (Wildman–Crippen LogP) is 4.86. The van der Waals surface area contributed by atoms with Crippen LogP contribution in [-0.2, 0) is 0 Å². The van der Waals surface area contributed by atoms with Gasteiger partial charge in [-0.1, -0.05) is 33.8 Å². The summed E-state index contributed by atoms with van der Waals surface area (Å²) in [6.45, 7) is 20.2. The van der Waals surface area contributed by atoms with E-state index in [1.807, 2.05) is 7.05 Å². The second-order valence-electron chi connectivity index (χ2n) is 8.34. The molecule has 0 rings (SSSR count). The minimum Gasteiger partial charge on any atom is -0.384 e. The number of hydrogen-bond donors (Lipinski definition) is 2. The van der Waals surface area contributed by atoms with Crippen LogP contribution in [0, 0.1) is 5.41 Å². The summed E-state index contributed by atoms with van der Waals surface area (Å²) >= 11 is 0. The van der Waals surface area contributed by atoms with Gasteiger partial charge in [0.05, 0.1) is 0 Å². The zero-order valence-corrected chi connectivity index (χ0v) is 15.2. The molecule has 0 aliphatic heterocycles. The molecule has 0 radical (unpaired) electrons. The lowest BCUT2D eigenvalue weighted by molar-refractivity contribution is 0.256. The summed E-state index contributed by atoms with van der Waals surface area (Å²) in [5, 5.41) is 7.00. The van der Waals surface area contributed by atoms with Crippen LogP contribution in [0.5, 0.6) is 0 Å². The average Bonchev–Trinajstić information content (AvgIpc) is 2.25. The maximum atomic E-state index is 4.25. The number of rotatable bonds is 10. The van der Waals surface area contributed by atoms with Crippen LogP contribution in [0.1, 0.15) is 80.6 Å². The molecule has 0 saturated heterocycles. The van der Waals surface area contributed by atoms with Gasteiger partial charge in [0.2, 0.25) is 0 Å². The molecular formula is C18H38N2. The average molecular weight is 283 g/mol. The van der Waals surface area contributed by atoms with Crippen LogP contribution in [-0.4, -0.2) is 18.1 Å². The van der Waals surface area contributed by atoms with Crippen LogP contribution < -0.4 is 10.6 Å². The van der Waals surface area contributed by atoms with Gasteiger partial charge in [-0.25, -0.2) is 0 Å². The topological polar surface area (TPSA) is 24.1 Å². The molecule has 0 spiro atoms. The SMILES string of the molecule is C=C(CC(C)(C)CCC(C)(C)NC)NC(C)(C)CCC. The van der Waals surface area contributed by atoms with Crippen molar-refractivity contribution >= 4 is 0 Å². The second-order valence-corrected chi connectivity index (χ2v) is 8.34. The first kappa shape index (κ1) is 19.5. The zero-order chi connectivity index (χ0) is 16.0. The minimum atomic E-state index is 0.159. The quantitative estimate of drug-likeness (QED) is 0.598. The molecule has 0 aromatic rings. The highest BCUT2D eigenvalue weighted by atomic mass is 15.0. The van der Waals surface area contributed by atoms with Gasteiger partial charge in [-0.15, -0.1) is 0 Å². The lowest BCUT2D eigenvalue weighted by Crippen LogP contribution is -2.40. The lowest BCUT2D eigenvalue weighted by Gasteiger charge is -2.34. The van der Waals surface area contributed by atoms with E-state index in [1.54, 1.807) is 0 Å². The molecular weight excluding hydrogens is 244 g/mol. The summed E-state index contributed by atoms with van der Waals surface area (Å²) < 4.78 is 0. The summed E-state index contributed by atoms with van der Waals surface area (Å²) in [7, 11) is 2.04. The largest absolute Gasteiger partial charge is 0.384 e. The van der Waals surface area contributed by atoms with Crippen molar-refractivity contribution in [2.45, 2.75) is 91.6 Å². The molecule has 0 aromatic heterocycles. The molecule has 0 atom stereocenters. The molecule has 20 heavy (non-hydrogen) atoms. The fraction of sp³-hybridized carbons (Fsp3) is 0.889. The van der Waals surface area contributed by atoms with Gasteiger partial charge in [0.1, 0.15) is 0 Å². The Kier molecular flexibility index (Phi) is 7.30. The van der Waals surface area contributed by atoms with Crippen molar-refractivity contribution < 1.29 is 0 Å². The molecule has 0 heterocycles. The van der Waals surface area contributed by atoms with Crippen LogP contribution >= 0.6 is 0 Å². The third kappa shape index (κ3) is 8.63. The van der Waals surface area contributed by atoms with Crippen molar-refractivity contribution in [1.29, 1.82) is 0 Å². The summed E-state index contributed by atoms with van der Waals surface area (Å²) in [5.74, 6) is 0. The Morgan fingerprint density at radius 3 is 1.90 bits per heavy atom. The van der Waals surface area contributed by atoms with Gasteiger partial charge in [0.25, 0.3) is 0 Å². The second kappa shape index (κ2) is 7.49. The molecule has 0 aliphatic carbocycles. The minimum absolute atomic E-state index is 0.159. The van der Waals surface area contributed by atoms with E-state index in [0.717, 1.165) is 6.42 Å². The Labute approximate surface area is 127 Å². The highest BCUT2D eigenvalue weighted by molar-refractivity contribution is 5.01. The van der Waals surface area contributed by atoms with Gasteiger partial charge in [-0.2, -0.15) is 0 Å². The molecule has 120 valence electrons. The Morgan fingerprint density at radius 1 is 0.900 bits per heavy atom. The molecule has 0 unspecified atom stereocenters. The van der Waals surface area contributed by atoms with Crippen LogP contribution in [0.2, 0.25) is 0 Å². The maximum Gasteiger partial charge on any atom is 0.0314 e. The predicted molar refractivity (Wildman–Crippen MR) is 92.0 cm³/mol. The van der Waals surface area contributed by atoms with E-state index >= 15 is 0 Å². The molecule has 0 aromatic carbocycles. The van der Waals surface area contributed by atoms with Gasteiger partial charge < -0.3 is 10.6 Å². The number of nitrogens with one attached hydrogen (secondary N) is 2. The van der Waals surface area contributed by atoms with E-state index < -0.39 is 0 Å². The third-order valence-electron chi connectivity index (χ3n) is 4.19. The maximum absolute atomic E-state index is 4.25. The van der Waals surface area contributed by atoms with Gasteiger partial charge in [-0.05, 0) is 65.8 Å². The van der Waals surface area contributed by atoms with Crippen molar-refractivity contribution in [3.05, 3.63) is 12.3 Å². The van der Waals surface area contributed by atoms with Crippen molar-refractivity contribution in [3.63, 3.8) is 0 Å². The van der Waals surface area contributed by atoms with Crippen LogP contribution in [0.25, 0.3) is 0 Å². The van der Waals surface area contributed by atoms with Crippen LogP contribution in [0.3, 0.4) is 0 Å². The van der Waals surface area contributed by atoms with E-state index in [1.165, 1.54) is 31.4 Å². The molecule has 0 bridgehead atoms. The van der Waals surface area contributed by atoms with Gasteiger partial charge in [-0.3, -0.25) is 0 Å². The smallest absolute Gasteiger partial charge is 0.0314 e. The first-order valence-electron chi connectivity index (χ1n) is 8.08. The highest BCUT2D eigenvalue weighted by Crippen LogP contribution is 2.32. The monoisotopic (exact) mass is 282 g/mol. The summed E-state index contributed by atoms with van der Waals surface area (Å²) in [6.07, 6.45) is 5.81. The van der Waals surface area contributed by atoms with E-state index in [0.29, 0.717) is 5.41 Å². The first-order valence-corrected chi connectivity index (χ1v) is 8.08. The fourth-order valence-corrected chi connectivity index (χ4v) is 2.65. The molecule has 2 N–H and O–H groups in total. The zero-order valence-electron chi connectivity index (χ0n) is 15.2. The van der Waals surface area contributed by atoms with Crippen molar-refractivity contribution in [2.24, 2.45) is 5.41 Å². The third-order valence-corrected chi connectivity index (χ3v) is 4.19. The fourth-order valence-electron chi connectivity index (χ4n) is 2.65. The van der Waals surface area contributed by atoms with Gasteiger partial charge in [0, 0.05) is 16.8 Å². The Bertz CT molecular complexity index is 301. The molecule has 2 heteroatoms. The summed E-state index contributed by atoms with van der Waals surface area (Å²) in [4.78, 5) is 0. The van der Waals surface area contributed by atoms with Gasteiger partial charge in [0.15, 0.2) is 0 Å². The van der Waals surface area contributed by atoms with Crippen LogP contribution in [0.4, 0.5) is 0 Å². The summed E-state index contributed by atoms with van der Waals surface area (Å²) in [6, 6.07) is 0. The highest BCUT2D eigenvalue weighted by Gasteiger charge is 2.25. The molecule has 0 aliphatic rings. The Morgan fingerprint density at radius 2 is 1.45 bits per heavy atom. The molecule has 0 amide bonds. The van der Waals surface area contributed by atoms with E-state index in [9.17, 15) is 0 Å². The van der Waals surface area contributed by atoms with E-state index in [2.05, 4.69) is 65.7 Å².